The molecular formula is C20H29ClN2O. The number of hydrogen-bond donors (Lipinski definition) is 1. The van der Waals surface area contributed by atoms with Crippen molar-refractivity contribution in [2.24, 2.45) is 10.8 Å². The van der Waals surface area contributed by atoms with Gasteiger partial charge in [-0.2, -0.15) is 0 Å². The van der Waals surface area contributed by atoms with Gasteiger partial charge in [-0.15, -0.1) is 0 Å². The molecule has 1 unspecified atom stereocenters. The molecule has 1 aromatic carbocycles. The fourth-order valence-corrected chi connectivity index (χ4v) is 3.92. The Morgan fingerprint density at radius 3 is 2.58 bits per heavy atom. The van der Waals surface area contributed by atoms with Crippen LogP contribution in [0.25, 0.3) is 0 Å². The van der Waals surface area contributed by atoms with Crippen LogP contribution in [0.1, 0.15) is 56.8 Å². The highest BCUT2D eigenvalue weighted by Crippen LogP contribution is 2.54. The molecule has 1 aromatic rings. The van der Waals surface area contributed by atoms with Crippen LogP contribution in [0.2, 0.25) is 5.02 Å². The van der Waals surface area contributed by atoms with E-state index in [4.69, 9.17) is 11.6 Å². The van der Waals surface area contributed by atoms with E-state index in [0.29, 0.717) is 27.5 Å². The van der Waals surface area contributed by atoms with E-state index in [-0.39, 0.29) is 5.91 Å². The van der Waals surface area contributed by atoms with Gasteiger partial charge in [0.05, 0.1) is 10.6 Å². The molecule has 1 aliphatic heterocycles. The van der Waals surface area contributed by atoms with E-state index in [1.807, 2.05) is 12.1 Å². The van der Waals surface area contributed by atoms with Crippen LogP contribution in [0.15, 0.2) is 24.3 Å². The van der Waals surface area contributed by atoms with Crippen LogP contribution in [0, 0.1) is 10.8 Å². The maximum atomic E-state index is 12.4. The number of amides is 1. The zero-order valence-corrected chi connectivity index (χ0v) is 15.8. The molecule has 132 valence electrons. The predicted molar refractivity (Wildman–Crippen MR) is 99.5 cm³/mol. The van der Waals surface area contributed by atoms with Crippen molar-refractivity contribution >= 4 is 17.5 Å². The molecule has 3 rings (SSSR count). The van der Waals surface area contributed by atoms with E-state index in [1.165, 1.54) is 25.8 Å². The number of benzene rings is 1. The molecule has 1 N–H and O–H groups in total. The number of halogens is 1. The molecule has 2 aliphatic rings. The summed E-state index contributed by atoms with van der Waals surface area (Å²) in [5.41, 5.74) is 1.33. The van der Waals surface area contributed by atoms with E-state index in [0.717, 1.165) is 19.5 Å². The van der Waals surface area contributed by atoms with Gasteiger partial charge in [-0.25, -0.2) is 0 Å². The molecule has 1 saturated heterocycles. The summed E-state index contributed by atoms with van der Waals surface area (Å²) in [6, 6.07) is 7.60. The standard InChI is InChI=1S/C20H29ClN2O/c1-19(2,3)8-11-23-12-9-20(10-13-23)14-17(20)22-18(24)15-6-4-5-7-16(15)21/h4-7,17H,8-14H2,1-3H3,(H,22,24). The molecule has 1 spiro atoms. The maximum Gasteiger partial charge on any atom is 0.253 e. The number of likely N-dealkylation sites (tertiary alicyclic amines) is 1. The number of nitrogens with zero attached hydrogens (tertiary/aromatic N) is 1. The Bertz CT molecular complexity index is 600. The molecular weight excluding hydrogens is 320 g/mol. The van der Waals surface area contributed by atoms with Gasteiger partial charge in [0.1, 0.15) is 0 Å². The third-order valence-electron chi connectivity index (χ3n) is 5.64. The van der Waals surface area contributed by atoms with Gasteiger partial charge in [0, 0.05) is 6.04 Å². The molecule has 4 heteroatoms. The topological polar surface area (TPSA) is 32.3 Å². The highest BCUT2D eigenvalue weighted by atomic mass is 35.5. The summed E-state index contributed by atoms with van der Waals surface area (Å²) in [7, 11) is 0. The molecule has 1 amide bonds. The summed E-state index contributed by atoms with van der Waals surface area (Å²) >= 11 is 6.12. The van der Waals surface area contributed by atoms with E-state index in [2.05, 4.69) is 31.0 Å². The second-order valence-corrected chi connectivity index (χ2v) is 9.13. The van der Waals surface area contributed by atoms with Gasteiger partial charge in [0.2, 0.25) is 0 Å². The first-order chi connectivity index (χ1) is 11.3. The van der Waals surface area contributed by atoms with Crippen molar-refractivity contribution in [3.63, 3.8) is 0 Å². The number of carbonyl (C=O) groups is 1. The zero-order valence-electron chi connectivity index (χ0n) is 15.1. The molecule has 1 aliphatic carbocycles. The van der Waals surface area contributed by atoms with E-state index >= 15 is 0 Å². The van der Waals surface area contributed by atoms with Crippen molar-refractivity contribution < 1.29 is 4.79 Å². The molecule has 1 atom stereocenters. The van der Waals surface area contributed by atoms with Gasteiger partial charge in [-0.3, -0.25) is 4.79 Å². The summed E-state index contributed by atoms with van der Waals surface area (Å²) in [5, 5.41) is 3.73. The summed E-state index contributed by atoms with van der Waals surface area (Å²) in [6.07, 6.45) is 4.76. The van der Waals surface area contributed by atoms with Gasteiger partial charge in [-0.1, -0.05) is 44.5 Å². The molecule has 1 heterocycles. The molecule has 3 nitrogen and oxygen atoms in total. The minimum atomic E-state index is -0.0300. The first kappa shape index (κ1) is 17.8. The third-order valence-corrected chi connectivity index (χ3v) is 5.97. The van der Waals surface area contributed by atoms with Gasteiger partial charge >= 0.3 is 0 Å². The average Bonchev–Trinajstić information content (AvgIpc) is 3.18. The van der Waals surface area contributed by atoms with Gasteiger partial charge in [-0.05, 0) is 68.3 Å². The lowest BCUT2D eigenvalue weighted by molar-refractivity contribution is 0.0933. The molecule has 0 bridgehead atoms. The molecule has 0 aromatic heterocycles. The highest BCUT2D eigenvalue weighted by Gasteiger charge is 2.55. The minimum Gasteiger partial charge on any atom is -0.349 e. The monoisotopic (exact) mass is 348 g/mol. The first-order valence-corrected chi connectivity index (χ1v) is 9.45. The fourth-order valence-electron chi connectivity index (χ4n) is 3.70. The maximum absolute atomic E-state index is 12.4. The summed E-state index contributed by atoms with van der Waals surface area (Å²) < 4.78 is 0. The van der Waals surface area contributed by atoms with Crippen LogP contribution in [0.3, 0.4) is 0 Å². The number of piperidine rings is 1. The minimum absolute atomic E-state index is 0.0300. The summed E-state index contributed by atoms with van der Waals surface area (Å²) in [4.78, 5) is 15.0. The lowest BCUT2D eigenvalue weighted by Crippen LogP contribution is -2.39. The lowest BCUT2D eigenvalue weighted by atomic mass is 9.89. The SMILES string of the molecule is CC(C)(C)CCN1CCC2(CC1)CC2NC(=O)c1ccccc1Cl. The van der Waals surface area contributed by atoms with Gasteiger partial charge in [0.25, 0.3) is 5.91 Å². The van der Waals surface area contributed by atoms with Crippen LogP contribution < -0.4 is 5.32 Å². The number of nitrogens with one attached hydrogen (secondary N) is 1. The van der Waals surface area contributed by atoms with Crippen LogP contribution in [-0.4, -0.2) is 36.5 Å². The summed E-state index contributed by atoms with van der Waals surface area (Å²) in [6.45, 7) is 10.4. The third kappa shape index (κ3) is 4.12. The smallest absolute Gasteiger partial charge is 0.253 e. The first-order valence-electron chi connectivity index (χ1n) is 9.07. The van der Waals surface area contributed by atoms with E-state index in [9.17, 15) is 4.79 Å². The van der Waals surface area contributed by atoms with Crippen molar-refractivity contribution in [3.05, 3.63) is 34.9 Å². The Labute approximate surface area is 150 Å². The van der Waals surface area contributed by atoms with Crippen molar-refractivity contribution in [2.75, 3.05) is 19.6 Å². The fraction of sp³-hybridized carbons (Fsp3) is 0.650. The van der Waals surface area contributed by atoms with Crippen molar-refractivity contribution in [3.8, 4) is 0 Å². The second-order valence-electron chi connectivity index (χ2n) is 8.72. The highest BCUT2D eigenvalue weighted by molar-refractivity contribution is 6.33. The molecule has 1 saturated carbocycles. The molecule has 2 fully saturated rings. The Morgan fingerprint density at radius 1 is 1.29 bits per heavy atom. The Hall–Kier alpha value is -1.06. The van der Waals surface area contributed by atoms with Crippen LogP contribution >= 0.6 is 11.6 Å². The number of carbonyl (C=O) groups excluding carboxylic acids is 1. The summed E-state index contributed by atoms with van der Waals surface area (Å²) in [5.74, 6) is -0.0300. The Balaban J connectivity index is 1.48. The number of hydrogen-bond acceptors (Lipinski definition) is 2. The van der Waals surface area contributed by atoms with E-state index in [1.54, 1.807) is 12.1 Å². The molecule has 24 heavy (non-hydrogen) atoms. The van der Waals surface area contributed by atoms with Gasteiger partial charge in [0.15, 0.2) is 0 Å². The van der Waals surface area contributed by atoms with Crippen LogP contribution in [-0.2, 0) is 0 Å². The number of rotatable bonds is 4. The molecule has 0 radical (unpaired) electrons. The average molecular weight is 349 g/mol. The van der Waals surface area contributed by atoms with Crippen LogP contribution in [0.5, 0.6) is 0 Å². The van der Waals surface area contributed by atoms with Crippen molar-refractivity contribution in [1.29, 1.82) is 0 Å². The van der Waals surface area contributed by atoms with Crippen molar-refractivity contribution in [1.82, 2.24) is 10.2 Å². The largest absolute Gasteiger partial charge is 0.349 e. The van der Waals surface area contributed by atoms with Gasteiger partial charge < -0.3 is 10.2 Å². The zero-order chi connectivity index (χ0) is 17.4. The quantitative estimate of drug-likeness (QED) is 0.876. The van der Waals surface area contributed by atoms with Crippen molar-refractivity contribution in [2.45, 2.75) is 52.5 Å². The Kier molecular flexibility index (Phi) is 4.94. The predicted octanol–water partition coefficient (Wildman–Crippen LogP) is 4.36. The van der Waals surface area contributed by atoms with E-state index < -0.39 is 0 Å². The lowest BCUT2D eigenvalue weighted by Gasteiger charge is -2.34. The normalized spacial score (nSPS) is 23.2. The van der Waals surface area contributed by atoms with Crippen LogP contribution in [0.4, 0.5) is 0 Å². The second kappa shape index (κ2) is 6.68. The Morgan fingerprint density at radius 2 is 1.96 bits per heavy atom.